The summed E-state index contributed by atoms with van der Waals surface area (Å²) in [4.78, 5) is 24.8. The molecular formula is C18H18N4O2S. The summed E-state index contributed by atoms with van der Waals surface area (Å²) in [5.74, 6) is 1.05. The van der Waals surface area contributed by atoms with Gasteiger partial charge < -0.3 is 5.32 Å². The van der Waals surface area contributed by atoms with Crippen molar-refractivity contribution >= 4 is 17.2 Å². The third-order valence-electron chi connectivity index (χ3n) is 4.21. The lowest BCUT2D eigenvalue weighted by atomic mass is 10.3. The van der Waals surface area contributed by atoms with Gasteiger partial charge in [-0.1, -0.05) is 18.2 Å². The van der Waals surface area contributed by atoms with Gasteiger partial charge in [-0.3, -0.25) is 4.79 Å². The number of carbonyl (C=O) groups excluding carboxylic acids is 1. The van der Waals surface area contributed by atoms with Crippen molar-refractivity contribution in [2.24, 2.45) is 0 Å². The molecule has 1 amide bonds. The molecule has 4 rings (SSSR count). The van der Waals surface area contributed by atoms with Crippen molar-refractivity contribution in [1.29, 1.82) is 0 Å². The van der Waals surface area contributed by atoms with E-state index in [2.05, 4.69) is 10.4 Å². The summed E-state index contributed by atoms with van der Waals surface area (Å²) in [7, 11) is 0. The zero-order chi connectivity index (χ0) is 17.2. The van der Waals surface area contributed by atoms with Gasteiger partial charge in [0.15, 0.2) is 0 Å². The number of rotatable bonds is 6. The lowest BCUT2D eigenvalue weighted by Crippen LogP contribution is -2.31. The van der Waals surface area contributed by atoms with E-state index in [9.17, 15) is 9.59 Å². The summed E-state index contributed by atoms with van der Waals surface area (Å²) < 4.78 is 3.15. The number of para-hydroxylation sites is 1. The van der Waals surface area contributed by atoms with E-state index in [-0.39, 0.29) is 11.6 Å². The van der Waals surface area contributed by atoms with Gasteiger partial charge in [-0.15, -0.1) is 0 Å². The van der Waals surface area contributed by atoms with Gasteiger partial charge in [-0.2, -0.15) is 16.4 Å². The van der Waals surface area contributed by atoms with Crippen molar-refractivity contribution < 1.29 is 4.79 Å². The van der Waals surface area contributed by atoms with Crippen molar-refractivity contribution in [2.75, 3.05) is 6.54 Å². The van der Waals surface area contributed by atoms with Gasteiger partial charge in [0.1, 0.15) is 5.82 Å². The van der Waals surface area contributed by atoms with Gasteiger partial charge in [0.05, 0.1) is 12.2 Å². The molecule has 0 atom stereocenters. The molecule has 3 aromatic rings. The molecule has 6 nitrogen and oxygen atoms in total. The van der Waals surface area contributed by atoms with Crippen LogP contribution in [0, 0.1) is 0 Å². The number of hydrogen-bond acceptors (Lipinski definition) is 4. The van der Waals surface area contributed by atoms with Crippen LogP contribution >= 0.6 is 11.3 Å². The molecule has 1 aromatic carbocycles. The van der Waals surface area contributed by atoms with Gasteiger partial charge in [0.25, 0.3) is 5.91 Å². The molecule has 128 valence electrons. The number of benzene rings is 1. The topological polar surface area (TPSA) is 68.9 Å². The second-order valence-corrected chi connectivity index (χ2v) is 6.86. The summed E-state index contributed by atoms with van der Waals surface area (Å²) in [6.45, 7) is 0.721. The van der Waals surface area contributed by atoms with E-state index in [1.807, 2.05) is 35.7 Å². The number of carbonyl (C=O) groups is 1. The van der Waals surface area contributed by atoms with Crippen LogP contribution in [0.15, 0.2) is 52.0 Å². The number of aromatic nitrogens is 3. The maximum atomic E-state index is 12.8. The summed E-state index contributed by atoms with van der Waals surface area (Å²) in [5.41, 5.74) is 1.33. The summed E-state index contributed by atoms with van der Waals surface area (Å²) in [5, 5.41) is 11.0. The van der Waals surface area contributed by atoms with Gasteiger partial charge >= 0.3 is 5.69 Å². The Kier molecular flexibility index (Phi) is 4.23. The Morgan fingerprint density at radius 3 is 2.72 bits per heavy atom. The Morgan fingerprint density at radius 1 is 1.24 bits per heavy atom. The lowest BCUT2D eigenvalue weighted by Gasteiger charge is -2.04. The zero-order valence-electron chi connectivity index (χ0n) is 13.6. The maximum Gasteiger partial charge on any atom is 0.350 e. The van der Waals surface area contributed by atoms with Gasteiger partial charge in [0.2, 0.25) is 0 Å². The van der Waals surface area contributed by atoms with E-state index in [0.29, 0.717) is 24.6 Å². The zero-order valence-corrected chi connectivity index (χ0v) is 14.4. The van der Waals surface area contributed by atoms with E-state index < -0.39 is 0 Å². The molecule has 0 bridgehead atoms. The number of amides is 1. The molecule has 1 N–H and O–H groups in total. The molecule has 1 fully saturated rings. The van der Waals surface area contributed by atoms with Crippen LogP contribution < -0.4 is 11.0 Å². The molecular weight excluding hydrogens is 336 g/mol. The Bertz CT molecular complexity index is 924. The van der Waals surface area contributed by atoms with E-state index in [0.717, 1.165) is 24.4 Å². The van der Waals surface area contributed by atoms with Crippen LogP contribution in [-0.4, -0.2) is 26.8 Å². The summed E-state index contributed by atoms with van der Waals surface area (Å²) in [6.07, 6.45) is 2.14. The molecule has 2 aromatic heterocycles. The standard InChI is InChI=1S/C18H18N4O2S/c23-17(14-8-11-25-12-14)19-9-10-21-18(24)22(15-4-2-1-3-5-15)16(20-21)13-6-7-13/h1-5,8,11-13H,6-7,9-10H2,(H,19,23). The highest BCUT2D eigenvalue weighted by atomic mass is 32.1. The van der Waals surface area contributed by atoms with Gasteiger partial charge in [-0.05, 0) is 36.4 Å². The largest absolute Gasteiger partial charge is 0.350 e. The Balaban J connectivity index is 1.53. The number of thiophene rings is 1. The molecule has 7 heteroatoms. The smallest absolute Gasteiger partial charge is 0.350 e. The van der Waals surface area contributed by atoms with Gasteiger partial charge in [-0.25, -0.2) is 14.0 Å². The van der Waals surface area contributed by atoms with E-state index in [4.69, 9.17) is 0 Å². The second-order valence-electron chi connectivity index (χ2n) is 6.08. The average molecular weight is 354 g/mol. The average Bonchev–Trinajstić information content (AvgIpc) is 3.22. The Labute approximate surface area is 148 Å². The van der Waals surface area contributed by atoms with Crippen LogP contribution in [-0.2, 0) is 6.54 Å². The molecule has 0 aliphatic heterocycles. The van der Waals surface area contributed by atoms with Crippen molar-refractivity contribution in [3.8, 4) is 5.69 Å². The molecule has 0 saturated heterocycles. The second kappa shape index (κ2) is 6.68. The first-order chi connectivity index (χ1) is 12.2. The van der Waals surface area contributed by atoms with Gasteiger partial charge in [0, 0.05) is 23.4 Å². The number of hydrogen-bond donors (Lipinski definition) is 1. The molecule has 1 aliphatic rings. The molecule has 1 aliphatic carbocycles. The SMILES string of the molecule is O=C(NCCn1nc(C2CC2)n(-c2ccccc2)c1=O)c1ccsc1. The van der Waals surface area contributed by atoms with Crippen LogP contribution in [0.25, 0.3) is 5.69 Å². The van der Waals surface area contributed by atoms with E-state index in [1.54, 1.807) is 16.0 Å². The first-order valence-corrected chi connectivity index (χ1v) is 9.24. The van der Waals surface area contributed by atoms with Crippen LogP contribution in [0.4, 0.5) is 0 Å². The van der Waals surface area contributed by atoms with E-state index >= 15 is 0 Å². The van der Waals surface area contributed by atoms with Crippen LogP contribution in [0.1, 0.15) is 34.9 Å². The fraction of sp³-hybridized carbons (Fsp3) is 0.278. The minimum absolute atomic E-state index is 0.126. The fourth-order valence-corrected chi connectivity index (χ4v) is 3.40. The molecule has 25 heavy (non-hydrogen) atoms. The van der Waals surface area contributed by atoms with Crippen LogP contribution in [0.2, 0.25) is 0 Å². The highest BCUT2D eigenvalue weighted by Gasteiger charge is 2.31. The predicted octanol–water partition coefficient (Wildman–Crippen LogP) is 2.40. The third-order valence-corrected chi connectivity index (χ3v) is 4.90. The molecule has 1 saturated carbocycles. The fourth-order valence-electron chi connectivity index (χ4n) is 2.77. The minimum Gasteiger partial charge on any atom is -0.350 e. The highest BCUT2D eigenvalue weighted by Crippen LogP contribution is 2.39. The first kappa shape index (κ1) is 15.8. The lowest BCUT2D eigenvalue weighted by molar-refractivity contribution is 0.0952. The molecule has 0 radical (unpaired) electrons. The van der Waals surface area contributed by atoms with E-state index in [1.165, 1.54) is 16.0 Å². The maximum absolute atomic E-state index is 12.8. The van der Waals surface area contributed by atoms with Crippen molar-refractivity contribution in [2.45, 2.75) is 25.3 Å². The Hall–Kier alpha value is -2.67. The first-order valence-electron chi connectivity index (χ1n) is 8.29. The highest BCUT2D eigenvalue weighted by molar-refractivity contribution is 7.08. The van der Waals surface area contributed by atoms with Crippen molar-refractivity contribution in [1.82, 2.24) is 19.7 Å². The molecule has 0 unspecified atom stereocenters. The van der Waals surface area contributed by atoms with Crippen molar-refractivity contribution in [3.63, 3.8) is 0 Å². The third kappa shape index (κ3) is 3.28. The number of nitrogens with zero attached hydrogens (tertiary/aromatic N) is 3. The molecule has 2 heterocycles. The minimum atomic E-state index is -0.155. The monoisotopic (exact) mass is 354 g/mol. The van der Waals surface area contributed by atoms with Crippen molar-refractivity contribution in [3.05, 3.63) is 69.0 Å². The van der Waals surface area contributed by atoms with Crippen LogP contribution in [0.5, 0.6) is 0 Å². The van der Waals surface area contributed by atoms with Crippen LogP contribution in [0.3, 0.4) is 0 Å². The Morgan fingerprint density at radius 2 is 2.04 bits per heavy atom. The summed E-state index contributed by atoms with van der Waals surface area (Å²) >= 11 is 1.48. The normalized spacial score (nSPS) is 13.8. The number of nitrogens with one attached hydrogen (secondary N) is 1. The molecule has 0 spiro atoms. The quantitative estimate of drug-likeness (QED) is 0.739. The summed E-state index contributed by atoms with van der Waals surface area (Å²) in [6, 6.07) is 11.4. The predicted molar refractivity (Wildman–Crippen MR) is 96.5 cm³/mol.